The van der Waals surface area contributed by atoms with Crippen molar-refractivity contribution >= 4 is 22.9 Å². The van der Waals surface area contributed by atoms with Crippen LogP contribution in [0.3, 0.4) is 0 Å². The largest absolute Gasteiger partial charge is 0.444 e. The molecule has 1 aromatic heterocycles. The van der Waals surface area contributed by atoms with Crippen molar-refractivity contribution < 1.29 is 23.1 Å². The van der Waals surface area contributed by atoms with Crippen LogP contribution in [0.25, 0.3) is 10.9 Å². The molecule has 186 valence electrons. The Labute approximate surface area is 199 Å². The number of benzene rings is 1. The number of hydrogen-bond acceptors (Lipinski definition) is 3. The van der Waals surface area contributed by atoms with Crippen molar-refractivity contribution in [2.24, 2.45) is 5.92 Å². The van der Waals surface area contributed by atoms with Crippen LogP contribution in [0.5, 0.6) is 0 Å². The summed E-state index contributed by atoms with van der Waals surface area (Å²) < 4.78 is 34.5. The van der Waals surface area contributed by atoms with Gasteiger partial charge in [-0.05, 0) is 64.5 Å². The first kappa shape index (κ1) is 24.5. The number of aromatic nitrogens is 1. The lowest BCUT2D eigenvalue weighted by Gasteiger charge is -2.28. The van der Waals surface area contributed by atoms with Gasteiger partial charge in [-0.15, -0.1) is 0 Å². The minimum atomic E-state index is -2.57. The number of ether oxygens (including phenoxy) is 1. The minimum Gasteiger partial charge on any atom is -0.444 e. The molecular weight excluding hydrogens is 440 g/mol. The molecule has 4 rings (SSSR count). The lowest BCUT2D eigenvalue weighted by molar-refractivity contribution is -0.0452. The van der Waals surface area contributed by atoms with E-state index in [1.54, 1.807) is 4.90 Å². The number of alkyl halides is 2. The van der Waals surface area contributed by atoms with Gasteiger partial charge in [-0.1, -0.05) is 12.1 Å². The van der Waals surface area contributed by atoms with Gasteiger partial charge in [0.15, 0.2) is 0 Å². The Kier molecular flexibility index (Phi) is 6.62. The maximum Gasteiger partial charge on any atom is 0.410 e. The number of hydrogen-bond donors (Lipinski definition) is 1. The van der Waals surface area contributed by atoms with E-state index in [1.807, 2.05) is 52.1 Å². The highest BCUT2D eigenvalue weighted by molar-refractivity contribution is 6.08. The van der Waals surface area contributed by atoms with Gasteiger partial charge in [0.25, 0.3) is 5.91 Å². The molecule has 8 heteroatoms. The van der Waals surface area contributed by atoms with Crippen LogP contribution in [0.1, 0.15) is 74.8 Å². The zero-order valence-electron chi connectivity index (χ0n) is 20.5. The second kappa shape index (κ2) is 9.19. The fourth-order valence-electron chi connectivity index (χ4n) is 5.06. The highest BCUT2D eigenvalue weighted by atomic mass is 19.3. The molecule has 2 amide bonds. The molecule has 1 aliphatic heterocycles. The fraction of sp³-hybridized carbons (Fsp3) is 0.615. The first-order valence-corrected chi connectivity index (χ1v) is 12.2. The van der Waals surface area contributed by atoms with Crippen LogP contribution in [0.15, 0.2) is 24.4 Å². The smallest absolute Gasteiger partial charge is 0.410 e. The third-order valence-corrected chi connectivity index (χ3v) is 6.91. The summed E-state index contributed by atoms with van der Waals surface area (Å²) in [7, 11) is 0. The van der Waals surface area contributed by atoms with Crippen LogP contribution < -0.4 is 5.32 Å². The maximum absolute atomic E-state index is 13.4. The van der Waals surface area contributed by atoms with Crippen molar-refractivity contribution in [3.8, 4) is 0 Å². The zero-order chi connectivity index (χ0) is 24.7. The molecule has 1 unspecified atom stereocenters. The van der Waals surface area contributed by atoms with E-state index in [4.69, 9.17) is 4.74 Å². The number of halogens is 2. The summed E-state index contributed by atoms with van der Waals surface area (Å²) in [5.74, 6) is -2.67. The van der Waals surface area contributed by atoms with Gasteiger partial charge in [0.2, 0.25) is 5.92 Å². The van der Waals surface area contributed by atoms with E-state index in [0.717, 1.165) is 22.9 Å². The van der Waals surface area contributed by atoms with Crippen molar-refractivity contribution in [3.63, 3.8) is 0 Å². The minimum absolute atomic E-state index is 0.0407. The fourth-order valence-corrected chi connectivity index (χ4v) is 5.06. The Bertz CT molecular complexity index is 1060. The highest BCUT2D eigenvalue weighted by Crippen LogP contribution is 2.36. The molecule has 1 aromatic carbocycles. The number of carbonyl (C=O) groups excluding carboxylic acids is 2. The summed E-state index contributed by atoms with van der Waals surface area (Å²) in [6.45, 7) is 9.06. The number of fused-ring (bicyclic) bond motifs is 1. The number of carbonyl (C=O) groups is 2. The Balaban J connectivity index is 1.50. The van der Waals surface area contributed by atoms with E-state index >= 15 is 0 Å². The van der Waals surface area contributed by atoms with E-state index < -0.39 is 11.5 Å². The SMILES string of the molecule is Cc1cccc2c1c(C(=O)NCC1CCC(F)(F)CC1)cn2C1CCN(C(=O)OC(C)(C)C)C1. The second-order valence-corrected chi connectivity index (χ2v) is 10.8. The van der Waals surface area contributed by atoms with Gasteiger partial charge in [-0.3, -0.25) is 4.79 Å². The molecule has 2 aromatic rings. The van der Waals surface area contributed by atoms with Gasteiger partial charge in [-0.2, -0.15) is 0 Å². The number of aryl methyl sites for hydroxylation is 1. The Morgan fingerprint density at radius 2 is 1.88 bits per heavy atom. The first-order chi connectivity index (χ1) is 15.9. The summed E-state index contributed by atoms with van der Waals surface area (Å²) in [5, 5.41) is 3.88. The van der Waals surface area contributed by atoms with Crippen molar-refractivity contribution in [2.75, 3.05) is 19.6 Å². The Hall–Kier alpha value is -2.64. The summed E-state index contributed by atoms with van der Waals surface area (Å²) in [4.78, 5) is 27.4. The van der Waals surface area contributed by atoms with Gasteiger partial charge >= 0.3 is 6.09 Å². The lowest BCUT2D eigenvalue weighted by atomic mass is 9.87. The first-order valence-electron chi connectivity index (χ1n) is 12.2. The van der Waals surface area contributed by atoms with Crippen molar-refractivity contribution in [2.45, 2.75) is 77.4 Å². The third-order valence-electron chi connectivity index (χ3n) is 6.91. The predicted molar refractivity (Wildman–Crippen MR) is 127 cm³/mol. The zero-order valence-corrected chi connectivity index (χ0v) is 20.5. The molecule has 2 aliphatic rings. The van der Waals surface area contributed by atoms with Crippen molar-refractivity contribution in [1.82, 2.24) is 14.8 Å². The Morgan fingerprint density at radius 1 is 1.18 bits per heavy atom. The van der Waals surface area contributed by atoms with Gasteiger partial charge in [-0.25, -0.2) is 13.6 Å². The topological polar surface area (TPSA) is 63.6 Å². The average Bonchev–Trinajstić information content (AvgIpc) is 3.37. The molecule has 34 heavy (non-hydrogen) atoms. The van der Waals surface area contributed by atoms with E-state index in [-0.39, 0.29) is 36.8 Å². The molecule has 1 atom stereocenters. The summed E-state index contributed by atoms with van der Waals surface area (Å²) in [6.07, 6.45) is 2.97. The number of amides is 2. The molecule has 6 nitrogen and oxygen atoms in total. The van der Waals surface area contributed by atoms with E-state index in [2.05, 4.69) is 9.88 Å². The molecule has 1 saturated heterocycles. The molecular formula is C26H35F2N3O3. The van der Waals surface area contributed by atoms with Crippen LogP contribution in [-0.4, -0.2) is 52.6 Å². The molecule has 1 aliphatic carbocycles. The van der Waals surface area contributed by atoms with E-state index in [9.17, 15) is 18.4 Å². The van der Waals surface area contributed by atoms with Crippen molar-refractivity contribution in [3.05, 3.63) is 35.5 Å². The molecule has 0 radical (unpaired) electrons. The normalized spacial score (nSPS) is 21.1. The van der Waals surface area contributed by atoms with Gasteiger partial charge < -0.3 is 19.5 Å². The molecule has 1 N–H and O–H groups in total. The summed E-state index contributed by atoms with van der Waals surface area (Å²) in [5.41, 5.74) is 2.00. The van der Waals surface area contributed by atoms with Crippen LogP contribution in [0.4, 0.5) is 13.6 Å². The van der Waals surface area contributed by atoms with Gasteiger partial charge in [0.05, 0.1) is 11.6 Å². The van der Waals surface area contributed by atoms with E-state index in [1.165, 1.54) is 0 Å². The third kappa shape index (κ3) is 5.36. The van der Waals surface area contributed by atoms with Crippen LogP contribution >= 0.6 is 0 Å². The van der Waals surface area contributed by atoms with E-state index in [0.29, 0.717) is 38.0 Å². The van der Waals surface area contributed by atoms with Gasteiger partial charge in [0.1, 0.15) is 5.60 Å². The molecule has 0 bridgehead atoms. The Morgan fingerprint density at radius 3 is 2.56 bits per heavy atom. The standard InChI is InChI=1S/C26H35F2N3O3/c1-17-6-5-7-21-22(17)20(23(32)29-14-18-8-11-26(27,28)12-9-18)16-31(21)19-10-13-30(15-19)24(33)34-25(2,3)4/h5-7,16,18-19H,8-15H2,1-4H3,(H,29,32). The number of nitrogens with zero attached hydrogens (tertiary/aromatic N) is 2. The van der Waals surface area contributed by atoms with Crippen LogP contribution in [0, 0.1) is 12.8 Å². The average molecular weight is 476 g/mol. The van der Waals surface area contributed by atoms with Gasteiger partial charge in [0, 0.05) is 49.6 Å². The summed E-state index contributed by atoms with van der Waals surface area (Å²) in [6, 6.07) is 5.99. The molecule has 0 spiro atoms. The maximum atomic E-state index is 13.4. The van der Waals surface area contributed by atoms with Crippen LogP contribution in [0.2, 0.25) is 0 Å². The number of nitrogens with one attached hydrogen (secondary N) is 1. The van der Waals surface area contributed by atoms with Crippen molar-refractivity contribution in [1.29, 1.82) is 0 Å². The highest BCUT2D eigenvalue weighted by Gasteiger charge is 2.35. The predicted octanol–water partition coefficient (Wildman–Crippen LogP) is 5.69. The van der Waals surface area contributed by atoms with Crippen LogP contribution in [-0.2, 0) is 4.74 Å². The second-order valence-electron chi connectivity index (χ2n) is 10.8. The number of rotatable bonds is 4. The molecule has 1 saturated carbocycles. The molecule has 2 heterocycles. The number of likely N-dealkylation sites (tertiary alicyclic amines) is 1. The quantitative estimate of drug-likeness (QED) is 0.618. The summed E-state index contributed by atoms with van der Waals surface area (Å²) >= 11 is 0. The monoisotopic (exact) mass is 475 g/mol. The lowest BCUT2D eigenvalue weighted by Crippen LogP contribution is -2.35. The molecule has 2 fully saturated rings.